The number of hydrogen-bond donors (Lipinski definition) is 1. The largest absolute Gasteiger partial charge is 0.378 e. The zero-order valence-electron chi connectivity index (χ0n) is 15.8. The number of ether oxygens (including phenoxy) is 1. The van der Waals surface area contributed by atoms with Crippen molar-refractivity contribution >= 4 is 5.91 Å². The molecule has 2 rings (SSSR count). The molecule has 1 saturated heterocycles. The van der Waals surface area contributed by atoms with Crippen molar-refractivity contribution in [2.75, 3.05) is 52.4 Å². The number of carbonyl (C=O) groups is 1. The molecule has 0 bridgehead atoms. The Bertz CT molecular complexity index is 349. The molecule has 24 heavy (non-hydrogen) atoms. The van der Waals surface area contributed by atoms with Crippen LogP contribution in [0.15, 0.2) is 0 Å². The van der Waals surface area contributed by atoms with Gasteiger partial charge >= 0.3 is 0 Å². The van der Waals surface area contributed by atoms with Gasteiger partial charge in [0.2, 0.25) is 5.91 Å². The molecule has 0 aromatic heterocycles. The van der Waals surface area contributed by atoms with E-state index in [-0.39, 0.29) is 5.91 Å². The Labute approximate surface area is 148 Å². The summed E-state index contributed by atoms with van der Waals surface area (Å²) in [6.45, 7) is 11.9. The van der Waals surface area contributed by atoms with Crippen LogP contribution in [0.3, 0.4) is 0 Å². The molecule has 1 amide bonds. The standard InChI is InChI=1S/C19H37N3O2/c1-17(2)15-21-10-12-22(13-11-21)16-19(23)20-9-6-14-24-18-7-4-3-5-8-18/h17-18H,3-16H2,1-2H3,(H,20,23). The molecular weight excluding hydrogens is 302 g/mol. The first-order valence-electron chi connectivity index (χ1n) is 9.96. The molecule has 0 unspecified atom stereocenters. The quantitative estimate of drug-likeness (QED) is 0.654. The Balaban J connectivity index is 1.46. The molecule has 5 heteroatoms. The van der Waals surface area contributed by atoms with Gasteiger partial charge < -0.3 is 15.0 Å². The Kier molecular flexibility index (Phi) is 9.07. The van der Waals surface area contributed by atoms with Crippen molar-refractivity contribution in [3.63, 3.8) is 0 Å². The lowest BCUT2D eigenvalue weighted by molar-refractivity contribution is -0.122. The average Bonchev–Trinajstić information content (AvgIpc) is 2.57. The number of nitrogens with zero attached hydrogens (tertiary/aromatic N) is 2. The van der Waals surface area contributed by atoms with Crippen molar-refractivity contribution in [3.05, 3.63) is 0 Å². The lowest BCUT2D eigenvalue weighted by Gasteiger charge is -2.35. The van der Waals surface area contributed by atoms with Crippen LogP contribution in [0.2, 0.25) is 0 Å². The molecule has 0 aromatic rings. The Morgan fingerprint density at radius 1 is 1.08 bits per heavy atom. The summed E-state index contributed by atoms with van der Waals surface area (Å²) in [5, 5.41) is 3.04. The minimum Gasteiger partial charge on any atom is -0.378 e. The number of nitrogens with one attached hydrogen (secondary N) is 1. The molecule has 1 aliphatic carbocycles. The Morgan fingerprint density at radius 3 is 2.42 bits per heavy atom. The van der Waals surface area contributed by atoms with E-state index in [1.54, 1.807) is 0 Å². The van der Waals surface area contributed by atoms with Gasteiger partial charge in [0.1, 0.15) is 0 Å². The van der Waals surface area contributed by atoms with Crippen molar-refractivity contribution in [1.82, 2.24) is 15.1 Å². The summed E-state index contributed by atoms with van der Waals surface area (Å²) in [7, 11) is 0. The minimum absolute atomic E-state index is 0.157. The maximum absolute atomic E-state index is 12.0. The van der Waals surface area contributed by atoms with Crippen LogP contribution in [0.4, 0.5) is 0 Å². The molecule has 0 radical (unpaired) electrons. The second-order valence-electron chi connectivity index (χ2n) is 7.80. The molecule has 2 aliphatic rings. The molecule has 0 atom stereocenters. The maximum atomic E-state index is 12.0. The fourth-order valence-electron chi connectivity index (χ4n) is 3.69. The summed E-state index contributed by atoms with van der Waals surface area (Å²) >= 11 is 0. The van der Waals surface area contributed by atoms with Crippen LogP contribution in [0, 0.1) is 5.92 Å². The van der Waals surface area contributed by atoms with E-state index < -0.39 is 0 Å². The summed E-state index contributed by atoms with van der Waals surface area (Å²) in [5.74, 6) is 0.876. The first-order valence-corrected chi connectivity index (χ1v) is 9.96. The van der Waals surface area contributed by atoms with Gasteiger partial charge in [0.25, 0.3) is 0 Å². The summed E-state index contributed by atoms with van der Waals surface area (Å²) in [4.78, 5) is 16.8. The average molecular weight is 340 g/mol. The fraction of sp³-hybridized carbons (Fsp3) is 0.947. The zero-order chi connectivity index (χ0) is 17.2. The van der Waals surface area contributed by atoms with Gasteiger partial charge in [-0.1, -0.05) is 33.1 Å². The van der Waals surface area contributed by atoms with E-state index >= 15 is 0 Å². The lowest BCUT2D eigenvalue weighted by atomic mass is 9.98. The third-order valence-electron chi connectivity index (χ3n) is 5.00. The van der Waals surface area contributed by atoms with Crippen molar-refractivity contribution < 1.29 is 9.53 Å². The molecule has 140 valence electrons. The molecule has 5 nitrogen and oxygen atoms in total. The summed E-state index contributed by atoms with van der Waals surface area (Å²) in [5.41, 5.74) is 0. The van der Waals surface area contributed by atoms with Gasteiger partial charge in [-0.25, -0.2) is 0 Å². The fourth-order valence-corrected chi connectivity index (χ4v) is 3.69. The van der Waals surface area contributed by atoms with Crippen LogP contribution in [-0.2, 0) is 9.53 Å². The maximum Gasteiger partial charge on any atom is 0.234 e. The molecule has 1 heterocycles. The predicted octanol–water partition coefficient (Wildman–Crippen LogP) is 2.12. The van der Waals surface area contributed by atoms with Gasteiger partial charge in [-0.15, -0.1) is 0 Å². The topological polar surface area (TPSA) is 44.8 Å². The molecular formula is C19H37N3O2. The lowest BCUT2D eigenvalue weighted by Crippen LogP contribution is -2.50. The van der Waals surface area contributed by atoms with Crippen LogP contribution >= 0.6 is 0 Å². The monoisotopic (exact) mass is 339 g/mol. The van der Waals surface area contributed by atoms with E-state index in [9.17, 15) is 4.79 Å². The van der Waals surface area contributed by atoms with Crippen molar-refractivity contribution in [1.29, 1.82) is 0 Å². The molecule has 1 aliphatic heterocycles. The SMILES string of the molecule is CC(C)CN1CCN(CC(=O)NCCCOC2CCCCC2)CC1. The zero-order valence-corrected chi connectivity index (χ0v) is 15.8. The highest BCUT2D eigenvalue weighted by Crippen LogP contribution is 2.20. The third kappa shape index (κ3) is 7.95. The van der Waals surface area contributed by atoms with E-state index in [1.165, 1.54) is 38.6 Å². The van der Waals surface area contributed by atoms with Crippen LogP contribution in [-0.4, -0.2) is 74.2 Å². The van der Waals surface area contributed by atoms with Crippen LogP contribution in [0.1, 0.15) is 52.4 Å². The van der Waals surface area contributed by atoms with Gasteiger partial charge in [0, 0.05) is 45.9 Å². The van der Waals surface area contributed by atoms with Crippen LogP contribution in [0.25, 0.3) is 0 Å². The van der Waals surface area contributed by atoms with Crippen molar-refractivity contribution in [2.45, 2.75) is 58.5 Å². The molecule has 2 fully saturated rings. The molecule has 0 spiro atoms. The molecule has 1 N–H and O–H groups in total. The van der Waals surface area contributed by atoms with Gasteiger partial charge in [-0.3, -0.25) is 9.69 Å². The Morgan fingerprint density at radius 2 is 1.75 bits per heavy atom. The normalized spacial score (nSPS) is 21.3. The van der Waals surface area contributed by atoms with E-state index in [0.29, 0.717) is 12.6 Å². The highest BCUT2D eigenvalue weighted by molar-refractivity contribution is 5.77. The number of hydrogen-bond acceptors (Lipinski definition) is 4. The summed E-state index contributed by atoms with van der Waals surface area (Å²) in [6, 6.07) is 0. The predicted molar refractivity (Wildman–Crippen MR) is 98.2 cm³/mol. The molecule has 0 aromatic carbocycles. The minimum atomic E-state index is 0.157. The summed E-state index contributed by atoms with van der Waals surface area (Å²) in [6.07, 6.45) is 7.81. The van der Waals surface area contributed by atoms with E-state index in [4.69, 9.17) is 4.74 Å². The van der Waals surface area contributed by atoms with Gasteiger partial charge in [-0.05, 0) is 25.2 Å². The number of rotatable bonds is 9. The van der Waals surface area contributed by atoms with Gasteiger partial charge in [-0.2, -0.15) is 0 Å². The number of piperazine rings is 1. The smallest absolute Gasteiger partial charge is 0.234 e. The van der Waals surface area contributed by atoms with E-state index in [1.807, 2.05) is 0 Å². The van der Waals surface area contributed by atoms with E-state index in [0.717, 1.165) is 51.7 Å². The van der Waals surface area contributed by atoms with E-state index in [2.05, 4.69) is 29.0 Å². The molecule has 1 saturated carbocycles. The second kappa shape index (κ2) is 11.1. The van der Waals surface area contributed by atoms with Gasteiger partial charge in [0.15, 0.2) is 0 Å². The first kappa shape index (κ1) is 19.7. The number of amides is 1. The summed E-state index contributed by atoms with van der Waals surface area (Å²) < 4.78 is 5.89. The third-order valence-corrected chi connectivity index (χ3v) is 5.00. The Hall–Kier alpha value is -0.650. The highest BCUT2D eigenvalue weighted by Gasteiger charge is 2.19. The first-order chi connectivity index (χ1) is 11.6. The van der Waals surface area contributed by atoms with Gasteiger partial charge in [0.05, 0.1) is 12.6 Å². The van der Waals surface area contributed by atoms with Crippen molar-refractivity contribution in [3.8, 4) is 0 Å². The highest BCUT2D eigenvalue weighted by atomic mass is 16.5. The number of carbonyl (C=O) groups excluding carboxylic acids is 1. The second-order valence-corrected chi connectivity index (χ2v) is 7.80. The van der Waals surface area contributed by atoms with Crippen molar-refractivity contribution in [2.24, 2.45) is 5.92 Å². The van der Waals surface area contributed by atoms with Crippen LogP contribution in [0.5, 0.6) is 0 Å². The van der Waals surface area contributed by atoms with Crippen LogP contribution < -0.4 is 5.32 Å².